The Morgan fingerprint density at radius 2 is 1.19 bits per heavy atom. The summed E-state index contributed by atoms with van der Waals surface area (Å²) in [5.74, 6) is -1.42. The fourth-order valence-corrected chi connectivity index (χ4v) is 5.46. The van der Waals surface area contributed by atoms with Crippen molar-refractivity contribution in [3.05, 3.63) is 83.4 Å². The average Bonchev–Trinajstić information content (AvgIpc) is 2.79. The van der Waals surface area contributed by atoms with Gasteiger partial charge in [0.1, 0.15) is 0 Å². The molecule has 0 nitrogen and oxygen atoms in total. The number of hydrogen-bond acceptors (Lipinski definition) is 0. The van der Waals surface area contributed by atoms with Crippen LogP contribution < -0.4 is 0 Å². The molecular weight excluding hydrogens is 414 g/mol. The molecule has 0 heterocycles. The Hall–Kier alpha value is -2.26. The van der Waals surface area contributed by atoms with Gasteiger partial charge in [0.2, 0.25) is 0 Å². The van der Waals surface area contributed by atoms with Crippen molar-refractivity contribution in [2.75, 3.05) is 0 Å². The number of halogens is 2. The van der Waals surface area contributed by atoms with Gasteiger partial charge < -0.3 is 0 Å². The van der Waals surface area contributed by atoms with Gasteiger partial charge in [0, 0.05) is 14.4 Å². The van der Waals surface area contributed by atoms with Gasteiger partial charge in [0.15, 0.2) is 11.6 Å². The number of unbranched alkanes of at least 4 members (excludes halogenated alkanes) is 5. The van der Waals surface area contributed by atoms with Crippen molar-refractivity contribution in [3.63, 3.8) is 0 Å². The number of aryl methyl sites for hydroxylation is 1. The molecule has 3 rings (SSSR count). The molecule has 0 aromatic heterocycles. The molecule has 0 fully saturated rings. The molecule has 170 valence electrons. The Morgan fingerprint density at radius 1 is 0.625 bits per heavy atom. The zero-order valence-electron chi connectivity index (χ0n) is 19.8. The lowest BCUT2D eigenvalue weighted by Crippen LogP contribution is -2.04. The third-order valence-corrected chi connectivity index (χ3v) is 7.38. The van der Waals surface area contributed by atoms with Crippen molar-refractivity contribution in [1.82, 2.24) is 0 Å². The first-order valence-corrected chi connectivity index (χ1v) is 15.3. The molecule has 0 atom stereocenters. The van der Waals surface area contributed by atoms with Crippen LogP contribution in [0, 0.1) is 11.6 Å². The van der Waals surface area contributed by atoms with Crippen LogP contribution in [0.2, 0.25) is 13.1 Å². The summed E-state index contributed by atoms with van der Waals surface area (Å²) >= 11 is 0. The average molecular weight is 451 g/mol. The van der Waals surface area contributed by atoms with Crippen LogP contribution in [0.1, 0.15) is 56.6 Å². The molecule has 0 bridgehead atoms. The molecule has 3 aromatic carbocycles. The zero-order valence-corrected chi connectivity index (χ0v) is 20.9. The molecule has 0 aliphatic rings. The third-order valence-electron chi connectivity index (χ3n) is 6.09. The molecule has 0 N–H and O–H groups in total. The zero-order chi connectivity index (χ0) is 22.9. The summed E-state index contributed by atoms with van der Waals surface area (Å²) in [5, 5.41) is 0. The second kappa shape index (κ2) is 12.1. The Morgan fingerprint density at radius 3 is 1.81 bits per heavy atom. The molecule has 0 unspecified atom stereocenters. The van der Waals surface area contributed by atoms with Crippen LogP contribution in [0.15, 0.2) is 60.7 Å². The maximum absolute atomic E-state index is 14.8. The fraction of sp³-hybridized carbons (Fsp3) is 0.379. The molecule has 0 aliphatic carbocycles. The minimum atomic E-state index is -0.733. The highest BCUT2D eigenvalue weighted by Crippen LogP contribution is 2.29. The van der Waals surface area contributed by atoms with Gasteiger partial charge in [-0.25, -0.2) is 8.78 Å². The van der Waals surface area contributed by atoms with Crippen molar-refractivity contribution in [2.45, 2.75) is 71.0 Å². The van der Waals surface area contributed by atoms with Crippen molar-refractivity contribution in [2.24, 2.45) is 0 Å². The molecule has 3 aromatic rings. The number of rotatable bonds is 11. The summed E-state index contributed by atoms with van der Waals surface area (Å²) in [7, 11) is -0.621. The molecule has 0 saturated heterocycles. The molecule has 0 radical (unpaired) electrons. The number of benzene rings is 3. The van der Waals surface area contributed by atoms with E-state index < -0.39 is 20.4 Å². The smallest absolute Gasteiger partial charge is 0.166 e. The summed E-state index contributed by atoms with van der Waals surface area (Å²) in [6.07, 6.45) is 7.45. The first kappa shape index (κ1) is 24.4. The summed E-state index contributed by atoms with van der Waals surface area (Å²) in [6, 6.07) is 21.1. The van der Waals surface area contributed by atoms with Crippen LogP contribution in [0.5, 0.6) is 0 Å². The van der Waals surface area contributed by atoms with Crippen molar-refractivity contribution >= 4 is 8.80 Å². The van der Waals surface area contributed by atoms with E-state index in [0.717, 1.165) is 24.0 Å². The largest absolute Gasteiger partial charge is 0.203 e. The fourth-order valence-electron chi connectivity index (χ4n) is 4.25. The van der Waals surface area contributed by atoms with Crippen LogP contribution in [-0.2, 0) is 12.5 Å². The summed E-state index contributed by atoms with van der Waals surface area (Å²) in [4.78, 5) is 0. The Labute approximate surface area is 194 Å². The van der Waals surface area contributed by atoms with Crippen molar-refractivity contribution in [3.8, 4) is 22.3 Å². The lowest BCUT2D eigenvalue weighted by molar-refractivity contribution is 0.497. The van der Waals surface area contributed by atoms with E-state index in [4.69, 9.17) is 0 Å². The Balaban J connectivity index is 1.67. The molecular formula is C29H36F2Si. The summed E-state index contributed by atoms with van der Waals surface area (Å²) in [5.41, 5.74) is 5.15. The molecule has 3 heteroatoms. The van der Waals surface area contributed by atoms with E-state index in [1.165, 1.54) is 37.3 Å². The highest BCUT2D eigenvalue weighted by molar-refractivity contribution is 6.55. The maximum Gasteiger partial charge on any atom is 0.166 e. The predicted molar refractivity (Wildman–Crippen MR) is 137 cm³/mol. The van der Waals surface area contributed by atoms with Crippen molar-refractivity contribution in [1.29, 1.82) is 0 Å². The van der Waals surface area contributed by atoms with Gasteiger partial charge in [0.05, 0.1) is 0 Å². The van der Waals surface area contributed by atoms with E-state index in [1.807, 2.05) is 24.3 Å². The van der Waals surface area contributed by atoms with Gasteiger partial charge in [-0.05, 0) is 41.1 Å². The molecule has 0 amide bonds. The minimum absolute atomic E-state index is 0.331. The van der Waals surface area contributed by atoms with Gasteiger partial charge in [0.25, 0.3) is 0 Å². The van der Waals surface area contributed by atoms with Crippen LogP contribution in [0.25, 0.3) is 22.3 Å². The predicted octanol–water partition coefficient (Wildman–Crippen LogP) is 8.77. The van der Waals surface area contributed by atoms with E-state index in [1.54, 1.807) is 12.1 Å². The van der Waals surface area contributed by atoms with E-state index in [0.29, 0.717) is 23.1 Å². The van der Waals surface area contributed by atoms with Crippen molar-refractivity contribution < 1.29 is 8.78 Å². The second-order valence-corrected chi connectivity index (χ2v) is 12.5. The Bertz CT molecular complexity index is 975. The lowest BCUT2D eigenvalue weighted by atomic mass is 9.97. The lowest BCUT2D eigenvalue weighted by Gasteiger charge is -2.10. The normalized spacial score (nSPS) is 11.3. The van der Waals surface area contributed by atoms with E-state index in [-0.39, 0.29) is 0 Å². The van der Waals surface area contributed by atoms with Gasteiger partial charge >= 0.3 is 0 Å². The molecule has 0 saturated carbocycles. The standard InChI is InChI=1S/C29H36F2Si/c1-4-5-6-7-8-9-10-26-19-20-27(29(31)28(26)30)25-17-15-24(16-18-25)23-13-11-22(12-14-23)21-32(2)3/h11-20,32H,4-10,21H2,1-3H3. The monoisotopic (exact) mass is 450 g/mol. The molecule has 0 spiro atoms. The Kier molecular flexibility index (Phi) is 9.22. The van der Waals surface area contributed by atoms with E-state index >= 15 is 0 Å². The van der Waals surface area contributed by atoms with Gasteiger partial charge in [-0.2, -0.15) is 0 Å². The van der Waals surface area contributed by atoms with E-state index in [2.05, 4.69) is 44.3 Å². The molecule has 32 heavy (non-hydrogen) atoms. The summed E-state index contributed by atoms with van der Waals surface area (Å²) in [6.45, 7) is 6.91. The van der Waals surface area contributed by atoms with Crippen LogP contribution in [-0.4, -0.2) is 8.80 Å². The highest BCUT2D eigenvalue weighted by Gasteiger charge is 2.14. The second-order valence-electron chi connectivity index (χ2n) is 9.29. The van der Waals surface area contributed by atoms with Crippen LogP contribution >= 0.6 is 0 Å². The SMILES string of the molecule is CCCCCCCCc1ccc(-c2ccc(-c3ccc(C[SiH](C)C)cc3)cc2)c(F)c1F. The third kappa shape index (κ3) is 6.62. The first-order valence-electron chi connectivity index (χ1n) is 12.2. The minimum Gasteiger partial charge on any atom is -0.203 e. The highest BCUT2D eigenvalue weighted by atomic mass is 28.3. The number of hydrogen-bond donors (Lipinski definition) is 0. The summed E-state index contributed by atoms with van der Waals surface area (Å²) < 4.78 is 29.5. The maximum atomic E-state index is 14.8. The van der Waals surface area contributed by atoms with Crippen LogP contribution in [0.4, 0.5) is 8.78 Å². The quantitative estimate of drug-likeness (QED) is 0.202. The molecule has 0 aliphatic heterocycles. The van der Waals surface area contributed by atoms with Gasteiger partial charge in [-0.3, -0.25) is 0 Å². The van der Waals surface area contributed by atoms with Gasteiger partial charge in [-0.15, -0.1) is 0 Å². The van der Waals surface area contributed by atoms with Gasteiger partial charge in [-0.1, -0.05) is 118 Å². The van der Waals surface area contributed by atoms with E-state index in [9.17, 15) is 8.78 Å². The first-order chi connectivity index (χ1) is 15.5. The topological polar surface area (TPSA) is 0 Å². The van der Waals surface area contributed by atoms with Crippen LogP contribution in [0.3, 0.4) is 0 Å².